The monoisotopic (exact) mass is 493 g/mol. The third-order valence-electron chi connectivity index (χ3n) is 5.69. The molecule has 0 saturated carbocycles. The second kappa shape index (κ2) is 10.9. The van der Waals surface area contributed by atoms with E-state index in [1.807, 2.05) is 42.5 Å². The van der Waals surface area contributed by atoms with Gasteiger partial charge in [-0.2, -0.15) is 0 Å². The Morgan fingerprint density at radius 1 is 0.917 bits per heavy atom. The van der Waals surface area contributed by atoms with Crippen LogP contribution in [0.3, 0.4) is 0 Å². The Labute approximate surface area is 208 Å². The molecule has 36 heavy (non-hydrogen) atoms. The molecule has 0 aromatic heterocycles. The van der Waals surface area contributed by atoms with Crippen molar-refractivity contribution in [3.63, 3.8) is 0 Å². The van der Waals surface area contributed by atoms with E-state index in [1.165, 1.54) is 36.4 Å². The second-order valence-corrected chi connectivity index (χ2v) is 7.86. The van der Waals surface area contributed by atoms with Crippen LogP contribution in [-0.4, -0.2) is 62.0 Å². The van der Waals surface area contributed by atoms with E-state index in [2.05, 4.69) is 5.32 Å². The van der Waals surface area contributed by atoms with Gasteiger partial charge in [-0.15, -0.1) is 0 Å². The summed E-state index contributed by atoms with van der Waals surface area (Å²) >= 11 is 0. The van der Waals surface area contributed by atoms with Gasteiger partial charge in [-0.05, 0) is 36.9 Å². The topological polar surface area (TPSA) is 107 Å². The number of carbonyl (C=O) groups excluding carboxylic acids is 3. The fraction of sp³-hybridized carbons (Fsp3) is 0.269. The van der Waals surface area contributed by atoms with Crippen LogP contribution in [0.1, 0.15) is 23.7 Å². The first-order valence-electron chi connectivity index (χ1n) is 11.5. The molecule has 3 amide bonds. The van der Waals surface area contributed by atoms with Crippen molar-refractivity contribution in [1.29, 1.82) is 0 Å². The lowest BCUT2D eigenvalue weighted by Gasteiger charge is -2.28. The summed E-state index contributed by atoms with van der Waals surface area (Å²) in [6.07, 6.45) is -0.309. The highest BCUT2D eigenvalue weighted by molar-refractivity contribution is 6.03. The van der Waals surface area contributed by atoms with E-state index in [4.69, 9.17) is 18.9 Å². The summed E-state index contributed by atoms with van der Waals surface area (Å²) in [5.41, 5.74) is 0.853. The van der Waals surface area contributed by atoms with Crippen molar-refractivity contribution in [2.24, 2.45) is 0 Å². The molecule has 3 aromatic carbocycles. The summed E-state index contributed by atoms with van der Waals surface area (Å²) in [6.45, 7) is 2.51. The minimum absolute atomic E-state index is 0.0121. The van der Waals surface area contributed by atoms with E-state index < -0.39 is 18.1 Å². The van der Waals surface area contributed by atoms with Gasteiger partial charge < -0.3 is 24.3 Å². The van der Waals surface area contributed by atoms with E-state index >= 15 is 0 Å². The van der Waals surface area contributed by atoms with Crippen molar-refractivity contribution in [1.82, 2.24) is 10.0 Å². The number of hydrazine groups is 1. The van der Waals surface area contributed by atoms with Crippen LogP contribution in [0, 0.1) is 0 Å². The number of ether oxygens (including phenoxy) is 4. The molecule has 1 fully saturated rings. The molecule has 1 saturated heterocycles. The molecule has 3 aromatic rings. The average molecular weight is 494 g/mol. The number of nitrogens with one attached hydrogen (secondary N) is 1. The van der Waals surface area contributed by atoms with Gasteiger partial charge in [0.2, 0.25) is 5.75 Å². The molecule has 188 valence electrons. The normalized spacial score (nSPS) is 12.9. The summed E-state index contributed by atoms with van der Waals surface area (Å²) in [7, 11) is 2.75. The van der Waals surface area contributed by atoms with Crippen LogP contribution in [0.25, 0.3) is 10.8 Å². The van der Waals surface area contributed by atoms with Gasteiger partial charge in [-0.3, -0.25) is 4.79 Å². The first kappa shape index (κ1) is 24.6. The number of anilines is 1. The molecular weight excluding hydrogens is 466 g/mol. The molecule has 10 nitrogen and oxygen atoms in total. The zero-order valence-electron chi connectivity index (χ0n) is 20.3. The standard InChI is InChI=1S/C26H27N3O7/c1-4-35-26(32)36-23-21(33-2)15-18(16-22(23)34-3)24(30)28-13-8-14-29(28)25(31)27-20-12-7-10-17-9-5-6-11-19(17)20/h5-7,9-12,15-16H,4,8,13-14H2,1-3H3,(H,27,31). The Bertz CT molecular complexity index is 1260. The van der Waals surface area contributed by atoms with Crippen LogP contribution in [0.2, 0.25) is 0 Å². The van der Waals surface area contributed by atoms with Crippen LogP contribution in [0.4, 0.5) is 15.3 Å². The summed E-state index contributed by atoms with van der Waals surface area (Å²) in [6, 6.07) is 15.8. The number of rotatable bonds is 6. The Hall–Kier alpha value is -4.47. The van der Waals surface area contributed by atoms with Gasteiger partial charge >= 0.3 is 12.2 Å². The van der Waals surface area contributed by atoms with E-state index in [9.17, 15) is 14.4 Å². The van der Waals surface area contributed by atoms with Gasteiger partial charge in [0.05, 0.1) is 26.5 Å². The highest BCUT2D eigenvalue weighted by Gasteiger charge is 2.33. The van der Waals surface area contributed by atoms with Crippen LogP contribution in [-0.2, 0) is 4.74 Å². The van der Waals surface area contributed by atoms with Crippen LogP contribution < -0.4 is 19.5 Å². The van der Waals surface area contributed by atoms with Crippen molar-refractivity contribution in [3.05, 3.63) is 60.2 Å². The van der Waals surface area contributed by atoms with Crippen LogP contribution in [0.15, 0.2) is 54.6 Å². The van der Waals surface area contributed by atoms with E-state index in [1.54, 1.807) is 6.92 Å². The SMILES string of the molecule is CCOC(=O)Oc1c(OC)cc(C(=O)N2CCCN2C(=O)Nc2cccc3ccccc23)cc1OC. The zero-order valence-corrected chi connectivity index (χ0v) is 20.3. The number of urea groups is 1. The number of benzene rings is 3. The highest BCUT2D eigenvalue weighted by Crippen LogP contribution is 2.39. The lowest BCUT2D eigenvalue weighted by molar-refractivity contribution is 0.0404. The maximum atomic E-state index is 13.5. The third-order valence-corrected chi connectivity index (χ3v) is 5.69. The molecule has 4 rings (SSSR count). The van der Waals surface area contributed by atoms with Gasteiger partial charge in [0, 0.05) is 24.0 Å². The molecule has 10 heteroatoms. The van der Waals surface area contributed by atoms with Gasteiger partial charge in [-0.1, -0.05) is 36.4 Å². The summed E-state index contributed by atoms with van der Waals surface area (Å²) in [4.78, 5) is 38.5. The van der Waals surface area contributed by atoms with Gasteiger partial charge in [0.1, 0.15) is 0 Å². The molecular formula is C26H27N3O7. The summed E-state index contributed by atoms with van der Waals surface area (Å²) in [5, 5.41) is 7.57. The first-order chi connectivity index (χ1) is 17.5. The minimum Gasteiger partial charge on any atom is -0.493 e. The average Bonchev–Trinajstić information content (AvgIpc) is 3.39. The van der Waals surface area contributed by atoms with Crippen LogP contribution >= 0.6 is 0 Å². The van der Waals surface area contributed by atoms with Gasteiger partial charge in [0.15, 0.2) is 11.5 Å². The Morgan fingerprint density at radius 2 is 1.58 bits per heavy atom. The second-order valence-electron chi connectivity index (χ2n) is 7.86. The van der Waals surface area contributed by atoms with Gasteiger partial charge in [-0.25, -0.2) is 19.6 Å². The van der Waals surface area contributed by atoms with Gasteiger partial charge in [0.25, 0.3) is 5.91 Å². The van der Waals surface area contributed by atoms with Crippen molar-refractivity contribution in [2.75, 3.05) is 39.2 Å². The highest BCUT2D eigenvalue weighted by atomic mass is 16.7. The zero-order chi connectivity index (χ0) is 25.7. The third kappa shape index (κ3) is 4.97. The van der Waals surface area contributed by atoms with Crippen LogP contribution in [0.5, 0.6) is 17.2 Å². The predicted octanol–water partition coefficient (Wildman–Crippen LogP) is 4.69. The molecule has 1 aliphatic rings. The Kier molecular flexibility index (Phi) is 7.43. The lowest BCUT2D eigenvalue weighted by Crippen LogP contribution is -2.46. The number of hydrogen-bond acceptors (Lipinski definition) is 7. The number of amides is 3. The molecule has 0 bridgehead atoms. The molecule has 0 radical (unpaired) electrons. The van der Waals surface area contributed by atoms with Crippen molar-refractivity contribution < 1.29 is 33.3 Å². The maximum absolute atomic E-state index is 13.5. The summed E-state index contributed by atoms with van der Waals surface area (Å²) in [5.74, 6) is -0.227. The molecule has 0 spiro atoms. The lowest BCUT2D eigenvalue weighted by atomic mass is 10.1. The quantitative estimate of drug-likeness (QED) is 0.392. The molecule has 0 unspecified atom stereocenters. The number of nitrogens with zero attached hydrogens (tertiary/aromatic N) is 2. The Balaban J connectivity index is 1.58. The van der Waals surface area contributed by atoms with E-state index in [0.717, 1.165) is 10.8 Å². The largest absolute Gasteiger partial charge is 0.514 e. The van der Waals surface area contributed by atoms with E-state index in [0.29, 0.717) is 25.2 Å². The molecule has 0 atom stereocenters. The minimum atomic E-state index is -0.927. The number of hydrogen-bond donors (Lipinski definition) is 1. The number of carbonyl (C=O) groups is 3. The number of methoxy groups -OCH3 is 2. The fourth-order valence-corrected chi connectivity index (χ4v) is 4.03. The maximum Gasteiger partial charge on any atom is 0.514 e. The van der Waals surface area contributed by atoms with E-state index in [-0.39, 0.29) is 29.4 Å². The summed E-state index contributed by atoms with van der Waals surface area (Å²) < 4.78 is 20.7. The number of fused-ring (bicyclic) bond motifs is 1. The predicted molar refractivity (Wildman–Crippen MR) is 133 cm³/mol. The fourth-order valence-electron chi connectivity index (χ4n) is 4.03. The smallest absolute Gasteiger partial charge is 0.493 e. The van der Waals surface area contributed by atoms with Crippen molar-refractivity contribution in [2.45, 2.75) is 13.3 Å². The van der Waals surface area contributed by atoms with Crippen molar-refractivity contribution in [3.8, 4) is 17.2 Å². The molecule has 1 N–H and O–H groups in total. The molecule has 0 aliphatic carbocycles. The molecule has 1 aliphatic heterocycles. The van der Waals surface area contributed by atoms with Crippen molar-refractivity contribution >= 4 is 34.6 Å². The first-order valence-corrected chi connectivity index (χ1v) is 11.5. The Morgan fingerprint density at radius 3 is 2.28 bits per heavy atom. The molecule has 1 heterocycles.